The van der Waals surface area contributed by atoms with Gasteiger partial charge in [-0.05, 0) is 30.2 Å². The van der Waals surface area contributed by atoms with Crippen LogP contribution in [0.1, 0.15) is 35.5 Å². The minimum atomic E-state index is -0.206. The number of aromatic amines is 1. The first kappa shape index (κ1) is 14.3. The molecule has 0 aliphatic carbocycles. The standard InChI is InChI=1S/C18H19N3O/c1-11-17(12(2)21-20-11)18(19-13(3)22)16-10-6-8-14-7-4-5-9-15(14)16/h4-10,18H,1-3H3,(H,19,22)(H,20,21). The van der Waals surface area contributed by atoms with Crippen molar-refractivity contribution in [3.63, 3.8) is 0 Å². The molecule has 2 aromatic carbocycles. The molecule has 0 bridgehead atoms. The molecule has 0 aliphatic rings. The topological polar surface area (TPSA) is 57.8 Å². The van der Waals surface area contributed by atoms with Crippen molar-refractivity contribution >= 4 is 16.7 Å². The highest BCUT2D eigenvalue weighted by Gasteiger charge is 2.23. The van der Waals surface area contributed by atoms with Gasteiger partial charge in [0.1, 0.15) is 0 Å². The number of hydrogen-bond acceptors (Lipinski definition) is 2. The summed E-state index contributed by atoms with van der Waals surface area (Å²) in [5.74, 6) is -0.0575. The predicted molar refractivity (Wildman–Crippen MR) is 87.7 cm³/mol. The second kappa shape index (κ2) is 5.64. The maximum atomic E-state index is 11.7. The lowest BCUT2D eigenvalue weighted by Crippen LogP contribution is -2.27. The minimum absolute atomic E-state index is 0.0575. The van der Waals surface area contributed by atoms with Gasteiger partial charge in [-0.2, -0.15) is 5.10 Å². The summed E-state index contributed by atoms with van der Waals surface area (Å²) in [6.45, 7) is 5.48. The van der Waals surface area contributed by atoms with Gasteiger partial charge < -0.3 is 5.32 Å². The first-order chi connectivity index (χ1) is 10.6. The molecule has 4 heteroatoms. The number of carbonyl (C=O) groups excluding carboxylic acids is 1. The van der Waals surface area contributed by atoms with Gasteiger partial charge in [0.25, 0.3) is 0 Å². The first-order valence-corrected chi connectivity index (χ1v) is 7.34. The second-order valence-electron chi connectivity index (χ2n) is 5.55. The molecule has 1 atom stereocenters. The van der Waals surface area contributed by atoms with E-state index in [1.165, 1.54) is 0 Å². The van der Waals surface area contributed by atoms with Gasteiger partial charge >= 0.3 is 0 Å². The van der Waals surface area contributed by atoms with E-state index in [9.17, 15) is 4.79 Å². The second-order valence-corrected chi connectivity index (χ2v) is 5.55. The molecule has 1 amide bonds. The molecule has 3 aromatic rings. The monoisotopic (exact) mass is 293 g/mol. The lowest BCUT2D eigenvalue weighted by Gasteiger charge is -2.21. The maximum absolute atomic E-state index is 11.7. The molecule has 2 N–H and O–H groups in total. The Kier molecular flexibility index (Phi) is 3.67. The number of H-pyrrole nitrogens is 1. The van der Waals surface area contributed by atoms with Crippen molar-refractivity contribution < 1.29 is 4.79 Å². The Morgan fingerprint density at radius 2 is 1.86 bits per heavy atom. The zero-order chi connectivity index (χ0) is 15.7. The van der Waals surface area contributed by atoms with Gasteiger partial charge in [0, 0.05) is 18.2 Å². The first-order valence-electron chi connectivity index (χ1n) is 7.34. The summed E-state index contributed by atoms with van der Waals surface area (Å²) >= 11 is 0. The quantitative estimate of drug-likeness (QED) is 0.777. The fraction of sp³-hybridized carbons (Fsp3) is 0.222. The molecular weight excluding hydrogens is 274 g/mol. The van der Waals surface area contributed by atoms with Crippen molar-refractivity contribution in [2.75, 3.05) is 0 Å². The van der Waals surface area contributed by atoms with Gasteiger partial charge in [-0.25, -0.2) is 0 Å². The number of aryl methyl sites for hydroxylation is 2. The zero-order valence-corrected chi connectivity index (χ0v) is 13.0. The van der Waals surface area contributed by atoms with Crippen molar-refractivity contribution in [3.05, 3.63) is 65.0 Å². The molecule has 112 valence electrons. The minimum Gasteiger partial charge on any atom is -0.345 e. The predicted octanol–water partition coefficient (Wildman–Crippen LogP) is 3.41. The average Bonchev–Trinajstić information content (AvgIpc) is 2.83. The number of rotatable bonds is 3. The summed E-state index contributed by atoms with van der Waals surface area (Å²) < 4.78 is 0. The maximum Gasteiger partial charge on any atom is 0.217 e. The highest BCUT2D eigenvalue weighted by molar-refractivity contribution is 5.87. The Morgan fingerprint density at radius 1 is 1.14 bits per heavy atom. The van der Waals surface area contributed by atoms with Crippen molar-refractivity contribution in [2.45, 2.75) is 26.8 Å². The fourth-order valence-corrected chi connectivity index (χ4v) is 3.00. The van der Waals surface area contributed by atoms with Gasteiger partial charge in [0.2, 0.25) is 5.91 Å². The van der Waals surface area contributed by atoms with Crippen molar-refractivity contribution in [2.24, 2.45) is 0 Å². The van der Waals surface area contributed by atoms with Crippen LogP contribution >= 0.6 is 0 Å². The molecule has 22 heavy (non-hydrogen) atoms. The third kappa shape index (κ3) is 2.48. The van der Waals surface area contributed by atoms with E-state index in [1.807, 2.05) is 32.0 Å². The van der Waals surface area contributed by atoms with Crippen LogP contribution in [0.4, 0.5) is 0 Å². The van der Waals surface area contributed by atoms with Crippen LogP contribution in [0.25, 0.3) is 10.8 Å². The molecule has 0 aliphatic heterocycles. The summed E-state index contributed by atoms with van der Waals surface area (Å²) in [5, 5.41) is 12.7. The highest BCUT2D eigenvalue weighted by atomic mass is 16.1. The van der Waals surface area contributed by atoms with Crippen LogP contribution in [0.3, 0.4) is 0 Å². The number of hydrogen-bond donors (Lipinski definition) is 2. The Hall–Kier alpha value is -2.62. The van der Waals surface area contributed by atoms with Crippen molar-refractivity contribution in [3.8, 4) is 0 Å². The number of carbonyl (C=O) groups is 1. The Morgan fingerprint density at radius 3 is 2.55 bits per heavy atom. The van der Waals surface area contributed by atoms with E-state index in [0.717, 1.165) is 33.3 Å². The van der Waals surface area contributed by atoms with E-state index in [4.69, 9.17) is 0 Å². The Balaban J connectivity index is 2.23. The van der Waals surface area contributed by atoms with E-state index >= 15 is 0 Å². The smallest absolute Gasteiger partial charge is 0.217 e. The van der Waals surface area contributed by atoms with Crippen LogP contribution in [0.2, 0.25) is 0 Å². The van der Waals surface area contributed by atoms with Crippen LogP contribution in [-0.2, 0) is 4.79 Å². The van der Waals surface area contributed by atoms with Crippen LogP contribution < -0.4 is 5.32 Å². The number of aromatic nitrogens is 2. The summed E-state index contributed by atoms with van der Waals surface area (Å²) in [5.41, 5.74) is 4.00. The summed E-state index contributed by atoms with van der Waals surface area (Å²) in [4.78, 5) is 11.7. The SMILES string of the molecule is CC(=O)NC(c1c(C)n[nH]c1C)c1cccc2ccccc12. The molecule has 0 radical (unpaired) electrons. The number of amides is 1. The largest absolute Gasteiger partial charge is 0.345 e. The summed E-state index contributed by atoms with van der Waals surface area (Å²) in [6, 6.07) is 14.2. The van der Waals surface area contributed by atoms with Gasteiger partial charge in [-0.3, -0.25) is 9.89 Å². The van der Waals surface area contributed by atoms with Crippen molar-refractivity contribution in [1.82, 2.24) is 15.5 Å². The van der Waals surface area contributed by atoms with Gasteiger partial charge in [0.15, 0.2) is 0 Å². The number of nitrogens with one attached hydrogen (secondary N) is 2. The molecule has 1 aromatic heterocycles. The molecule has 0 saturated carbocycles. The van der Waals surface area contributed by atoms with Crippen LogP contribution in [0.5, 0.6) is 0 Å². The molecule has 4 nitrogen and oxygen atoms in total. The van der Waals surface area contributed by atoms with E-state index in [1.54, 1.807) is 6.92 Å². The molecule has 1 unspecified atom stereocenters. The van der Waals surface area contributed by atoms with Crippen LogP contribution in [0.15, 0.2) is 42.5 Å². The zero-order valence-electron chi connectivity index (χ0n) is 13.0. The number of benzene rings is 2. The third-order valence-corrected chi connectivity index (χ3v) is 3.96. The summed E-state index contributed by atoms with van der Waals surface area (Å²) in [7, 11) is 0. The van der Waals surface area contributed by atoms with Crippen LogP contribution in [-0.4, -0.2) is 16.1 Å². The van der Waals surface area contributed by atoms with Gasteiger partial charge in [-0.15, -0.1) is 0 Å². The van der Waals surface area contributed by atoms with Gasteiger partial charge in [0.05, 0.1) is 11.7 Å². The molecule has 0 fully saturated rings. The summed E-state index contributed by atoms with van der Waals surface area (Å²) in [6.07, 6.45) is 0. The van der Waals surface area contributed by atoms with E-state index in [0.29, 0.717) is 0 Å². The molecule has 3 rings (SSSR count). The average molecular weight is 293 g/mol. The Labute approximate surface area is 129 Å². The molecular formula is C18H19N3O. The normalized spacial score (nSPS) is 12.3. The highest BCUT2D eigenvalue weighted by Crippen LogP contribution is 2.31. The lowest BCUT2D eigenvalue weighted by molar-refractivity contribution is -0.119. The van der Waals surface area contributed by atoms with E-state index in [-0.39, 0.29) is 11.9 Å². The lowest BCUT2D eigenvalue weighted by atomic mass is 9.92. The number of fused-ring (bicyclic) bond motifs is 1. The Bertz CT molecular complexity index is 810. The van der Waals surface area contributed by atoms with E-state index in [2.05, 4.69) is 39.8 Å². The molecule has 0 saturated heterocycles. The van der Waals surface area contributed by atoms with E-state index < -0.39 is 0 Å². The van der Waals surface area contributed by atoms with Crippen LogP contribution in [0, 0.1) is 13.8 Å². The molecule has 1 heterocycles. The third-order valence-electron chi connectivity index (χ3n) is 3.96. The fourth-order valence-electron chi connectivity index (χ4n) is 3.00. The van der Waals surface area contributed by atoms with Crippen molar-refractivity contribution in [1.29, 1.82) is 0 Å². The van der Waals surface area contributed by atoms with Gasteiger partial charge in [-0.1, -0.05) is 42.5 Å². The number of nitrogens with zero attached hydrogens (tertiary/aromatic N) is 1. The molecule has 0 spiro atoms.